The maximum atomic E-state index is 4.52. The third-order valence-corrected chi connectivity index (χ3v) is 2.53. The average Bonchev–Trinajstić information content (AvgIpc) is 2.61. The van der Waals surface area contributed by atoms with Crippen LogP contribution >= 0.6 is 0 Å². The molecule has 0 aliphatic heterocycles. The van der Waals surface area contributed by atoms with Gasteiger partial charge in [0.05, 0.1) is 6.54 Å². The first-order valence-electron chi connectivity index (χ1n) is 5.33. The van der Waals surface area contributed by atoms with Crippen molar-refractivity contribution in [2.45, 2.75) is 13.5 Å². The molecule has 0 atom stereocenters. The fourth-order valence-electron chi connectivity index (χ4n) is 1.73. The van der Waals surface area contributed by atoms with Crippen LogP contribution in [-0.2, 0) is 13.6 Å². The number of hydrogen-bond acceptors (Lipinski definition) is 3. The van der Waals surface area contributed by atoms with Crippen molar-refractivity contribution in [2.24, 2.45) is 7.05 Å². The van der Waals surface area contributed by atoms with Crippen molar-refractivity contribution in [1.82, 2.24) is 20.1 Å². The average molecular weight is 216 g/mol. The Kier molecular flexibility index (Phi) is 3.01. The third kappa shape index (κ3) is 1.97. The van der Waals surface area contributed by atoms with Gasteiger partial charge in [0, 0.05) is 12.6 Å². The fourth-order valence-corrected chi connectivity index (χ4v) is 1.73. The molecule has 0 saturated carbocycles. The summed E-state index contributed by atoms with van der Waals surface area (Å²) < 4.78 is 1.83. The first-order chi connectivity index (χ1) is 7.72. The summed E-state index contributed by atoms with van der Waals surface area (Å²) in [5, 5.41) is 7.41. The van der Waals surface area contributed by atoms with E-state index in [1.54, 1.807) is 0 Å². The SMILES string of the molecule is CNCc1nc(-c2ccccc2C)n(C)n1. The molecule has 2 aromatic rings. The minimum atomic E-state index is 0.694. The van der Waals surface area contributed by atoms with Gasteiger partial charge in [-0.1, -0.05) is 24.3 Å². The molecule has 0 unspecified atom stereocenters. The molecule has 0 bridgehead atoms. The highest BCUT2D eigenvalue weighted by molar-refractivity contribution is 5.59. The Morgan fingerprint density at radius 1 is 1.31 bits per heavy atom. The van der Waals surface area contributed by atoms with Crippen LogP contribution in [0.3, 0.4) is 0 Å². The quantitative estimate of drug-likeness (QED) is 0.845. The smallest absolute Gasteiger partial charge is 0.165 e. The van der Waals surface area contributed by atoms with E-state index in [1.165, 1.54) is 5.56 Å². The molecule has 4 nitrogen and oxygen atoms in total. The predicted molar refractivity (Wildman–Crippen MR) is 63.9 cm³/mol. The minimum Gasteiger partial charge on any atom is -0.313 e. The second kappa shape index (κ2) is 4.45. The molecule has 0 radical (unpaired) electrons. The van der Waals surface area contributed by atoms with Crippen LogP contribution < -0.4 is 5.32 Å². The number of aryl methyl sites for hydroxylation is 2. The Labute approximate surface area is 95.3 Å². The molecular formula is C12H16N4. The van der Waals surface area contributed by atoms with Gasteiger partial charge in [-0.05, 0) is 19.5 Å². The van der Waals surface area contributed by atoms with Gasteiger partial charge in [-0.15, -0.1) is 0 Å². The molecule has 0 spiro atoms. The number of hydrogen-bond donors (Lipinski definition) is 1. The molecule has 4 heteroatoms. The lowest BCUT2D eigenvalue weighted by Crippen LogP contribution is -2.06. The van der Waals surface area contributed by atoms with Gasteiger partial charge < -0.3 is 5.32 Å². The second-order valence-electron chi connectivity index (χ2n) is 3.82. The zero-order valence-electron chi connectivity index (χ0n) is 9.86. The van der Waals surface area contributed by atoms with Gasteiger partial charge in [0.2, 0.25) is 0 Å². The summed E-state index contributed by atoms with van der Waals surface area (Å²) in [5.74, 6) is 1.74. The molecule has 1 heterocycles. The van der Waals surface area contributed by atoms with E-state index in [-0.39, 0.29) is 0 Å². The molecular weight excluding hydrogens is 200 g/mol. The first-order valence-corrected chi connectivity index (χ1v) is 5.33. The van der Waals surface area contributed by atoms with Crippen molar-refractivity contribution in [3.8, 4) is 11.4 Å². The van der Waals surface area contributed by atoms with E-state index in [1.807, 2.05) is 30.9 Å². The van der Waals surface area contributed by atoms with E-state index in [0.717, 1.165) is 17.2 Å². The summed E-state index contributed by atoms with van der Waals surface area (Å²) in [6, 6.07) is 8.21. The van der Waals surface area contributed by atoms with Gasteiger partial charge in [-0.3, -0.25) is 0 Å². The number of benzene rings is 1. The Morgan fingerprint density at radius 3 is 2.75 bits per heavy atom. The Morgan fingerprint density at radius 2 is 2.06 bits per heavy atom. The summed E-state index contributed by atoms with van der Waals surface area (Å²) in [6.45, 7) is 2.78. The zero-order chi connectivity index (χ0) is 11.5. The van der Waals surface area contributed by atoms with Gasteiger partial charge in [0.1, 0.15) is 0 Å². The highest BCUT2D eigenvalue weighted by Crippen LogP contribution is 2.20. The van der Waals surface area contributed by atoms with E-state index in [4.69, 9.17) is 0 Å². The minimum absolute atomic E-state index is 0.694. The number of nitrogens with zero attached hydrogens (tertiary/aromatic N) is 3. The van der Waals surface area contributed by atoms with E-state index in [0.29, 0.717) is 6.54 Å². The van der Waals surface area contributed by atoms with E-state index in [9.17, 15) is 0 Å². The van der Waals surface area contributed by atoms with Crippen molar-refractivity contribution in [3.63, 3.8) is 0 Å². The normalized spacial score (nSPS) is 10.7. The Balaban J connectivity index is 2.44. The predicted octanol–water partition coefficient (Wildman–Crippen LogP) is 1.51. The molecule has 1 N–H and O–H groups in total. The molecule has 0 aliphatic rings. The topological polar surface area (TPSA) is 42.7 Å². The highest BCUT2D eigenvalue weighted by atomic mass is 15.3. The summed E-state index contributed by atoms with van der Waals surface area (Å²) >= 11 is 0. The van der Waals surface area contributed by atoms with Crippen LogP contribution in [0.2, 0.25) is 0 Å². The van der Waals surface area contributed by atoms with Gasteiger partial charge in [0.15, 0.2) is 11.6 Å². The third-order valence-electron chi connectivity index (χ3n) is 2.53. The van der Waals surface area contributed by atoms with Crippen molar-refractivity contribution in [2.75, 3.05) is 7.05 Å². The Bertz CT molecular complexity index is 488. The van der Waals surface area contributed by atoms with Gasteiger partial charge in [0.25, 0.3) is 0 Å². The molecule has 0 fully saturated rings. The highest BCUT2D eigenvalue weighted by Gasteiger charge is 2.10. The number of aromatic nitrogens is 3. The lowest BCUT2D eigenvalue weighted by Gasteiger charge is -2.03. The lowest BCUT2D eigenvalue weighted by molar-refractivity contribution is 0.711. The maximum Gasteiger partial charge on any atom is 0.165 e. The van der Waals surface area contributed by atoms with Crippen LogP contribution in [0.1, 0.15) is 11.4 Å². The molecule has 2 rings (SSSR count). The van der Waals surface area contributed by atoms with Crippen LogP contribution in [0.25, 0.3) is 11.4 Å². The summed E-state index contributed by atoms with van der Waals surface area (Å²) in [4.78, 5) is 4.52. The molecule has 84 valence electrons. The number of nitrogens with one attached hydrogen (secondary N) is 1. The maximum absolute atomic E-state index is 4.52. The van der Waals surface area contributed by atoms with Crippen LogP contribution in [0.15, 0.2) is 24.3 Å². The van der Waals surface area contributed by atoms with Crippen molar-refractivity contribution in [3.05, 3.63) is 35.7 Å². The summed E-state index contributed by atoms with van der Waals surface area (Å²) in [7, 11) is 3.82. The summed E-state index contributed by atoms with van der Waals surface area (Å²) in [6.07, 6.45) is 0. The Hall–Kier alpha value is -1.68. The van der Waals surface area contributed by atoms with Gasteiger partial charge in [-0.25, -0.2) is 9.67 Å². The number of rotatable bonds is 3. The first kappa shape index (κ1) is 10.8. The van der Waals surface area contributed by atoms with Gasteiger partial charge >= 0.3 is 0 Å². The molecule has 0 aliphatic carbocycles. The molecule has 0 amide bonds. The van der Waals surface area contributed by atoms with Crippen LogP contribution in [0.4, 0.5) is 0 Å². The van der Waals surface area contributed by atoms with E-state index >= 15 is 0 Å². The largest absolute Gasteiger partial charge is 0.313 e. The van der Waals surface area contributed by atoms with Crippen molar-refractivity contribution < 1.29 is 0 Å². The lowest BCUT2D eigenvalue weighted by atomic mass is 10.1. The molecule has 1 aromatic heterocycles. The van der Waals surface area contributed by atoms with Gasteiger partial charge in [-0.2, -0.15) is 5.10 Å². The fraction of sp³-hybridized carbons (Fsp3) is 0.333. The van der Waals surface area contributed by atoms with E-state index < -0.39 is 0 Å². The second-order valence-corrected chi connectivity index (χ2v) is 3.82. The summed E-state index contributed by atoms with van der Waals surface area (Å²) in [5.41, 5.74) is 2.36. The van der Waals surface area contributed by atoms with Crippen molar-refractivity contribution >= 4 is 0 Å². The monoisotopic (exact) mass is 216 g/mol. The van der Waals surface area contributed by atoms with Crippen LogP contribution in [0, 0.1) is 6.92 Å². The van der Waals surface area contributed by atoms with Crippen molar-refractivity contribution in [1.29, 1.82) is 0 Å². The molecule has 16 heavy (non-hydrogen) atoms. The zero-order valence-corrected chi connectivity index (χ0v) is 9.86. The van der Waals surface area contributed by atoms with Crippen LogP contribution in [-0.4, -0.2) is 21.8 Å². The molecule has 0 saturated heterocycles. The standard InChI is InChI=1S/C12H16N4/c1-9-6-4-5-7-10(9)12-14-11(8-13-2)15-16(12)3/h4-7,13H,8H2,1-3H3. The van der Waals surface area contributed by atoms with Crippen LogP contribution in [0.5, 0.6) is 0 Å². The van der Waals surface area contributed by atoms with E-state index in [2.05, 4.69) is 34.5 Å². The molecule has 1 aromatic carbocycles.